The molecule has 0 aromatic heterocycles. The zero-order chi connectivity index (χ0) is 14.0. The molecule has 1 aliphatic carbocycles. The molecule has 1 fully saturated rings. The third-order valence-electron chi connectivity index (χ3n) is 3.38. The minimum Gasteiger partial charge on any atom is -0.200 e. The van der Waals surface area contributed by atoms with E-state index in [0.29, 0.717) is 4.90 Å². The van der Waals surface area contributed by atoms with Crippen LogP contribution >= 0.6 is 0 Å². The lowest BCUT2D eigenvalue weighted by molar-refractivity contribution is 0.583. The van der Waals surface area contributed by atoms with Gasteiger partial charge in [-0.25, -0.2) is 4.83 Å². The molecule has 104 valence electrons. The normalized spacial score (nSPS) is 15.6. The predicted molar refractivity (Wildman–Crippen MR) is 76.9 cm³/mol. The quantitative estimate of drug-likeness (QED) is 0.865. The van der Waals surface area contributed by atoms with Gasteiger partial charge in [-0.05, 0) is 57.6 Å². The summed E-state index contributed by atoms with van der Waals surface area (Å²) in [6.07, 6.45) is 4.00. The molecular formula is C14H20N2O2S. The second kappa shape index (κ2) is 5.33. The van der Waals surface area contributed by atoms with Crippen LogP contribution in [0.3, 0.4) is 0 Å². The highest BCUT2D eigenvalue weighted by Gasteiger charge is 2.20. The summed E-state index contributed by atoms with van der Waals surface area (Å²) in [6.45, 7) is 5.59. The van der Waals surface area contributed by atoms with E-state index in [-0.39, 0.29) is 0 Å². The summed E-state index contributed by atoms with van der Waals surface area (Å²) in [5, 5.41) is 4.05. The summed E-state index contributed by atoms with van der Waals surface area (Å²) in [5.41, 5.74) is 3.54. The largest absolute Gasteiger partial charge is 0.277 e. The summed E-state index contributed by atoms with van der Waals surface area (Å²) in [5.74, 6) is 0. The lowest BCUT2D eigenvalue weighted by Crippen LogP contribution is -2.21. The molecule has 0 bridgehead atoms. The van der Waals surface area contributed by atoms with Gasteiger partial charge in [0.25, 0.3) is 10.0 Å². The number of sulfonamides is 1. The van der Waals surface area contributed by atoms with Gasteiger partial charge in [0.15, 0.2) is 0 Å². The first-order chi connectivity index (χ1) is 8.90. The fraction of sp³-hybridized carbons (Fsp3) is 0.500. The van der Waals surface area contributed by atoms with E-state index in [0.717, 1.165) is 48.1 Å². The minimum atomic E-state index is -3.56. The van der Waals surface area contributed by atoms with Gasteiger partial charge in [-0.15, -0.1) is 0 Å². The van der Waals surface area contributed by atoms with Crippen LogP contribution in [-0.4, -0.2) is 14.1 Å². The van der Waals surface area contributed by atoms with E-state index in [1.165, 1.54) is 0 Å². The number of hydrazone groups is 1. The van der Waals surface area contributed by atoms with Gasteiger partial charge >= 0.3 is 0 Å². The molecule has 2 rings (SSSR count). The van der Waals surface area contributed by atoms with Crippen molar-refractivity contribution in [3.05, 3.63) is 28.8 Å². The summed E-state index contributed by atoms with van der Waals surface area (Å²) in [6, 6.07) is 3.76. The van der Waals surface area contributed by atoms with Crippen LogP contribution in [0.15, 0.2) is 22.1 Å². The van der Waals surface area contributed by atoms with Crippen molar-refractivity contribution >= 4 is 15.7 Å². The SMILES string of the molecule is Cc1cc(C)c(S(=O)(=O)NN=C2CCCC2)c(C)c1. The van der Waals surface area contributed by atoms with Gasteiger partial charge in [0.1, 0.15) is 0 Å². The maximum Gasteiger partial charge on any atom is 0.277 e. The minimum absolute atomic E-state index is 0.348. The molecule has 4 nitrogen and oxygen atoms in total. The highest BCUT2D eigenvalue weighted by Crippen LogP contribution is 2.22. The van der Waals surface area contributed by atoms with Crippen LogP contribution in [-0.2, 0) is 10.0 Å². The average molecular weight is 280 g/mol. The monoisotopic (exact) mass is 280 g/mol. The van der Waals surface area contributed by atoms with Gasteiger partial charge in [-0.2, -0.15) is 13.5 Å². The molecule has 0 amide bonds. The molecule has 0 aliphatic heterocycles. The van der Waals surface area contributed by atoms with E-state index in [1.54, 1.807) is 0 Å². The van der Waals surface area contributed by atoms with Crippen LogP contribution in [0.2, 0.25) is 0 Å². The van der Waals surface area contributed by atoms with Crippen molar-refractivity contribution in [3.63, 3.8) is 0 Å². The summed E-state index contributed by atoms with van der Waals surface area (Å²) < 4.78 is 24.6. The third kappa shape index (κ3) is 3.15. The Kier molecular flexibility index (Phi) is 3.94. The molecule has 1 aliphatic rings. The van der Waals surface area contributed by atoms with E-state index in [2.05, 4.69) is 9.93 Å². The van der Waals surface area contributed by atoms with Crippen LogP contribution in [0.25, 0.3) is 0 Å². The third-order valence-corrected chi connectivity index (χ3v) is 4.89. The number of rotatable bonds is 3. The van der Waals surface area contributed by atoms with E-state index in [1.807, 2.05) is 32.9 Å². The van der Waals surface area contributed by atoms with E-state index in [9.17, 15) is 8.42 Å². The second-order valence-electron chi connectivity index (χ2n) is 5.21. The number of benzene rings is 1. The van der Waals surface area contributed by atoms with Gasteiger partial charge < -0.3 is 0 Å². The molecule has 1 aromatic carbocycles. The Hall–Kier alpha value is -1.36. The molecule has 0 spiro atoms. The Labute approximate surface area is 115 Å². The molecule has 0 saturated heterocycles. The first-order valence-electron chi connectivity index (χ1n) is 6.55. The highest BCUT2D eigenvalue weighted by molar-refractivity contribution is 7.89. The van der Waals surface area contributed by atoms with Crippen molar-refractivity contribution in [3.8, 4) is 0 Å². The Balaban J connectivity index is 2.32. The van der Waals surface area contributed by atoms with Gasteiger partial charge in [0.2, 0.25) is 0 Å². The molecule has 0 radical (unpaired) electrons. The topological polar surface area (TPSA) is 58.5 Å². The van der Waals surface area contributed by atoms with Crippen LogP contribution < -0.4 is 4.83 Å². The molecule has 5 heteroatoms. The molecule has 19 heavy (non-hydrogen) atoms. The number of aryl methyl sites for hydroxylation is 3. The number of nitrogens with one attached hydrogen (secondary N) is 1. The number of hydrogen-bond acceptors (Lipinski definition) is 3. The predicted octanol–water partition coefficient (Wildman–Crippen LogP) is 2.82. The van der Waals surface area contributed by atoms with Crippen molar-refractivity contribution in [1.82, 2.24) is 4.83 Å². The van der Waals surface area contributed by atoms with Crippen LogP contribution in [0, 0.1) is 20.8 Å². The van der Waals surface area contributed by atoms with Gasteiger partial charge in [0, 0.05) is 5.71 Å². The van der Waals surface area contributed by atoms with Crippen molar-refractivity contribution in [1.29, 1.82) is 0 Å². The Morgan fingerprint density at radius 2 is 1.58 bits per heavy atom. The fourth-order valence-corrected chi connectivity index (χ4v) is 3.96. The lowest BCUT2D eigenvalue weighted by atomic mass is 10.1. The maximum atomic E-state index is 12.3. The molecule has 0 atom stereocenters. The van der Waals surface area contributed by atoms with Crippen LogP contribution in [0.1, 0.15) is 42.4 Å². The van der Waals surface area contributed by atoms with Crippen molar-refractivity contribution in [2.45, 2.75) is 51.3 Å². The Morgan fingerprint density at radius 3 is 2.11 bits per heavy atom. The zero-order valence-corrected chi connectivity index (χ0v) is 12.5. The van der Waals surface area contributed by atoms with Gasteiger partial charge in [-0.3, -0.25) is 0 Å². The highest BCUT2D eigenvalue weighted by atomic mass is 32.2. The maximum absolute atomic E-state index is 12.3. The molecule has 1 saturated carbocycles. The molecule has 1 N–H and O–H groups in total. The van der Waals surface area contributed by atoms with E-state index >= 15 is 0 Å². The first-order valence-corrected chi connectivity index (χ1v) is 8.03. The first kappa shape index (κ1) is 14.1. The Morgan fingerprint density at radius 1 is 1.05 bits per heavy atom. The van der Waals surface area contributed by atoms with Crippen molar-refractivity contribution in [2.24, 2.45) is 5.10 Å². The second-order valence-corrected chi connectivity index (χ2v) is 6.81. The molecule has 1 aromatic rings. The number of nitrogens with zero attached hydrogens (tertiary/aromatic N) is 1. The summed E-state index contributed by atoms with van der Waals surface area (Å²) >= 11 is 0. The van der Waals surface area contributed by atoms with Gasteiger partial charge in [0.05, 0.1) is 4.90 Å². The fourth-order valence-electron chi connectivity index (χ4n) is 2.66. The summed E-state index contributed by atoms with van der Waals surface area (Å²) in [7, 11) is -3.56. The molecular weight excluding hydrogens is 260 g/mol. The Bertz CT molecular complexity index is 587. The smallest absolute Gasteiger partial charge is 0.200 e. The van der Waals surface area contributed by atoms with E-state index in [4.69, 9.17) is 0 Å². The van der Waals surface area contributed by atoms with Crippen molar-refractivity contribution < 1.29 is 8.42 Å². The van der Waals surface area contributed by atoms with Crippen molar-refractivity contribution in [2.75, 3.05) is 0 Å². The average Bonchev–Trinajstić information content (AvgIpc) is 2.77. The molecule has 0 unspecified atom stereocenters. The van der Waals surface area contributed by atoms with E-state index < -0.39 is 10.0 Å². The van der Waals surface area contributed by atoms with Crippen LogP contribution in [0.5, 0.6) is 0 Å². The zero-order valence-electron chi connectivity index (χ0n) is 11.7. The molecule has 0 heterocycles. The van der Waals surface area contributed by atoms with Crippen LogP contribution in [0.4, 0.5) is 0 Å². The lowest BCUT2D eigenvalue weighted by Gasteiger charge is -2.11. The van der Waals surface area contributed by atoms with Gasteiger partial charge in [-0.1, -0.05) is 17.7 Å². The standard InChI is InChI=1S/C14H20N2O2S/c1-10-8-11(2)14(12(3)9-10)19(17,18)16-15-13-6-4-5-7-13/h8-9,16H,4-7H2,1-3H3. The summed E-state index contributed by atoms with van der Waals surface area (Å²) in [4.78, 5) is 2.73. The number of hydrogen-bond donors (Lipinski definition) is 1.